The minimum absolute atomic E-state index is 0.0727. The lowest BCUT2D eigenvalue weighted by Gasteiger charge is -2.20. The van der Waals surface area contributed by atoms with Gasteiger partial charge in [0.05, 0.1) is 17.3 Å². The first-order chi connectivity index (χ1) is 12.7. The molecule has 1 aliphatic carbocycles. The van der Waals surface area contributed by atoms with Crippen molar-refractivity contribution in [3.05, 3.63) is 29.7 Å². The molecular formula is C19H28N6O2. The van der Waals surface area contributed by atoms with Crippen LogP contribution in [0.15, 0.2) is 18.5 Å². The zero-order valence-corrected chi connectivity index (χ0v) is 16.5. The SMILES string of the molecule is Cc1cc(NC(=O)c2cnn(CC(=O)NC3CCCC3)c2)nn1C(C)(C)C. The van der Waals surface area contributed by atoms with E-state index in [1.165, 1.54) is 23.7 Å². The van der Waals surface area contributed by atoms with E-state index < -0.39 is 0 Å². The molecule has 1 fully saturated rings. The molecule has 0 radical (unpaired) electrons. The van der Waals surface area contributed by atoms with Crippen molar-refractivity contribution in [2.45, 2.75) is 71.5 Å². The third kappa shape index (κ3) is 4.75. The van der Waals surface area contributed by atoms with Crippen molar-refractivity contribution in [3.63, 3.8) is 0 Å². The van der Waals surface area contributed by atoms with Gasteiger partial charge in [0.25, 0.3) is 5.91 Å². The molecule has 0 spiro atoms. The first kappa shape index (κ1) is 19.1. The van der Waals surface area contributed by atoms with Crippen LogP contribution in [0.3, 0.4) is 0 Å². The first-order valence-corrected chi connectivity index (χ1v) is 9.43. The average molecular weight is 372 g/mol. The molecule has 0 saturated heterocycles. The molecule has 2 amide bonds. The number of rotatable bonds is 5. The molecule has 146 valence electrons. The van der Waals surface area contributed by atoms with E-state index in [9.17, 15) is 9.59 Å². The number of amides is 2. The van der Waals surface area contributed by atoms with E-state index >= 15 is 0 Å². The molecular weight excluding hydrogens is 344 g/mol. The monoisotopic (exact) mass is 372 g/mol. The topological polar surface area (TPSA) is 93.8 Å². The number of nitrogens with one attached hydrogen (secondary N) is 2. The summed E-state index contributed by atoms with van der Waals surface area (Å²) in [5, 5.41) is 14.4. The molecule has 27 heavy (non-hydrogen) atoms. The molecule has 3 rings (SSSR count). The first-order valence-electron chi connectivity index (χ1n) is 9.43. The second kappa shape index (κ2) is 7.54. The quantitative estimate of drug-likeness (QED) is 0.843. The van der Waals surface area contributed by atoms with Crippen molar-refractivity contribution in [1.82, 2.24) is 24.9 Å². The molecule has 1 saturated carbocycles. The molecule has 8 nitrogen and oxygen atoms in total. The molecule has 2 aromatic rings. The van der Waals surface area contributed by atoms with E-state index in [-0.39, 0.29) is 29.9 Å². The second-order valence-electron chi connectivity index (χ2n) is 8.18. The van der Waals surface area contributed by atoms with E-state index in [1.54, 1.807) is 6.20 Å². The maximum atomic E-state index is 12.4. The molecule has 0 bridgehead atoms. The summed E-state index contributed by atoms with van der Waals surface area (Å²) >= 11 is 0. The zero-order valence-electron chi connectivity index (χ0n) is 16.5. The fourth-order valence-corrected chi connectivity index (χ4v) is 3.46. The fourth-order valence-electron chi connectivity index (χ4n) is 3.46. The highest BCUT2D eigenvalue weighted by atomic mass is 16.2. The summed E-state index contributed by atoms with van der Waals surface area (Å²) in [6, 6.07) is 2.11. The smallest absolute Gasteiger partial charge is 0.260 e. The lowest BCUT2D eigenvalue weighted by molar-refractivity contribution is -0.122. The largest absolute Gasteiger partial charge is 0.352 e. The summed E-state index contributed by atoms with van der Waals surface area (Å²) < 4.78 is 3.36. The van der Waals surface area contributed by atoms with Crippen LogP contribution in [0.1, 0.15) is 62.5 Å². The molecule has 8 heteroatoms. The van der Waals surface area contributed by atoms with Crippen LogP contribution in [0.5, 0.6) is 0 Å². The summed E-state index contributed by atoms with van der Waals surface area (Å²) in [4.78, 5) is 24.5. The van der Waals surface area contributed by atoms with E-state index in [0.717, 1.165) is 18.5 Å². The fraction of sp³-hybridized carbons (Fsp3) is 0.579. The Morgan fingerprint density at radius 3 is 2.59 bits per heavy atom. The lowest BCUT2D eigenvalue weighted by Crippen LogP contribution is -2.35. The Balaban J connectivity index is 1.59. The Hall–Kier alpha value is -2.64. The third-order valence-electron chi connectivity index (χ3n) is 4.69. The molecule has 0 aromatic carbocycles. The Labute approximate surface area is 159 Å². The number of nitrogens with zero attached hydrogens (tertiary/aromatic N) is 4. The molecule has 2 heterocycles. The summed E-state index contributed by atoms with van der Waals surface area (Å²) in [6.45, 7) is 8.23. The highest BCUT2D eigenvalue weighted by Gasteiger charge is 2.20. The highest BCUT2D eigenvalue weighted by molar-refractivity contribution is 6.03. The molecule has 0 unspecified atom stereocenters. The van der Waals surface area contributed by atoms with Gasteiger partial charge in [0.2, 0.25) is 5.91 Å². The molecule has 0 atom stereocenters. The van der Waals surface area contributed by atoms with Crippen LogP contribution in [0.25, 0.3) is 0 Å². The van der Waals surface area contributed by atoms with Crippen molar-refractivity contribution in [2.24, 2.45) is 0 Å². The van der Waals surface area contributed by atoms with Gasteiger partial charge in [-0.15, -0.1) is 0 Å². The van der Waals surface area contributed by atoms with Gasteiger partial charge in [0.15, 0.2) is 5.82 Å². The molecule has 1 aliphatic rings. The number of carbonyl (C=O) groups excluding carboxylic acids is 2. The Morgan fingerprint density at radius 1 is 1.26 bits per heavy atom. The number of carbonyl (C=O) groups is 2. The number of hydrogen-bond donors (Lipinski definition) is 2. The number of aromatic nitrogens is 4. The van der Waals surface area contributed by atoms with Crippen molar-refractivity contribution in [1.29, 1.82) is 0 Å². The highest BCUT2D eigenvalue weighted by Crippen LogP contribution is 2.19. The summed E-state index contributed by atoms with van der Waals surface area (Å²) in [7, 11) is 0. The van der Waals surface area contributed by atoms with Crippen LogP contribution in [-0.4, -0.2) is 37.4 Å². The van der Waals surface area contributed by atoms with Crippen molar-refractivity contribution in [3.8, 4) is 0 Å². The summed E-state index contributed by atoms with van der Waals surface area (Å²) in [6.07, 6.45) is 7.46. The number of aryl methyl sites for hydroxylation is 1. The van der Waals surface area contributed by atoms with Gasteiger partial charge < -0.3 is 10.6 Å². The van der Waals surface area contributed by atoms with Gasteiger partial charge in [0, 0.05) is 24.0 Å². The van der Waals surface area contributed by atoms with Gasteiger partial charge >= 0.3 is 0 Å². The van der Waals surface area contributed by atoms with Crippen molar-refractivity contribution in [2.75, 3.05) is 5.32 Å². The summed E-state index contributed by atoms with van der Waals surface area (Å²) in [5.41, 5.74) is 1.20. The van der Waals surface area contributed by atoms with Crippen LogP contribution >= 0.6 is 0 Å². The normalized spacial score (nSPS) is 15.1. The van der Waals surface area contributed by atoms with Crippen LogP contribution in [0, 0.1) is 6.92 Å². The Morgan fingerprint density at radius 2 is 1.96 bits per heavy atom. The molecule has 2 aromatic heterocycles. The van der Waals surface area contributed by atoms with Gasteiger partial charge in [-0.2, -0.15) is 10.2 Å². The van der Waals surface area contributed by atoms with Crippen LogP contribution in [-0.2, 0) is 16.9 Å². The third-order valence-corrected chi connectivity index (χ3v) is 4.69. The predicted octanol–water partition coefficient (Wildman–Crippen LogP) is 2.45. The predicted molar refractivity (Wildman–Crippen MR) is 103 cm³/mol. The van der Waals surface area contributed by atoms with E-state index in [1.807, 2.05) is 17.7 Å². The molecule has 0 aliphatic heterocycles. The van der Waals surface area contributed by atoms with E-state index in [4.69, 9.17) is 0 Å². The second-order valence-corrected chi connectivity index (χ2v) is 8.18. The Kier molecular flexibility index (Phi) is 5.34. The lowest BCUT2D eigenvalue weighted by atomic mass is 10.1. The zero-order chi connectivity index (χ0) is 19.6. The molecule has 2 N–H and O–H groups in total. The van der Waals surface area contributed by atoms with Crippen LogP contribution < -0.4 is 10.6 Å². The minimum Gasteiger partial charge on any atom is -0.352 e. The van der Waals surface area contributed by atoms with E-state index in [0.29, 0.717) is 11.4 Å². The van der Waals surface area contributed by atoms with Crippen molar-refractivity contribution >= 4 is 17.6 Å². The van der Waals surface area contributed by atoms with E-state index in [2.05, 4.69) is 41.6 Å². The van der Waals surface area contributed by atoms with Gasteiger partial charge in [-0.3, -0.25) is 19.0 Å². The maximum Gasteiger partial charge on any atom is 0.260 e. The summed E-state index contributed by atoms with van der Waals surface area (Å²) in [5.74, 6) is 0.131. The average Bonchev–Trinajstić information content (AvgIpc) is 3.28. The van der Waals surface area contributed by atoms with Gasteiger partial charge in [-0.1, -0.05) is 12.8 Å². The number of hydrogen-bond acceptors (Lipinski definition) is 4. The van der Waals surface area contributed by atoms with Crippen molar-refractivity contribution < 1.29 is 9.59 Å². The number of anilines is 1. The van der Waals surface area contributed by atoms with Gasteiger partial charge in [0.1, 0.15) is 6.54 Å². The minimum atomic E-state index is -0.295. The van der Waals surface area contributed by atoms with Crippen LogP contribution in [0.2, 0.25) is 0 Å². The Bertz CT molecular complexity index is 824. The maximum absolute atomic E-state index is 12.4. The van der Waals surface area contributed by atoms with Gasteiger partial charge in [-0.25, -0.2) is 0 Å². The standard InChI is InChI=1S/C19H28N6O2/c1-13-9-16(23-25(13)19(2,3)4)22-18(27)14-10-20-24(11-14)12-17(26)21-15-7-5-6-8-15/h9-11,15H,5-8,12H2,1-4H3,(H,21,26)(H,22,23,27). The van der Waals surface area contributed by atoms with Crippen LogP contribution in [0.4, 0.5) is 5.82 Å². The van der Waals surface area contributed by atoms with Gasteiger partial charge in [-0.05, 0) is 40.5 Å².